The summed E-state index contributed by atoms with van der Waals surface area (Å²) in [5.74, 6) is 2.12. The highest BCUT2D eigenvalue weighted by molar-refractivity contribution is 7.98. The van der Waals surface area contributed by atoms with Gasteiger partial charge in [-0.3, -0.25) is 0 Å². The van der Waals surface area contributed by atoms with Crippen LogP contribution in [0.3, 0.4) is 0 Å². The second-order valence-electron chi connectivity index (χ2n) is 4.29. The van der Waals surface area contributed by atoms with Crippen LogP contribution in [0.15, 0.2) is 0 Å². The third kappa shape index (κ3) is 5.23. The van der Waals surface area contributed by atoms with E-state index in [-0.39, 0.29) is 0 Å². The van der Waals surface area contributed by atoms with E-state index >= 15 is 0 Å². The molecule has 0 bridgehead atoms. The molecule has 1 N–H and O–H groups in total. The van der Waals surface area contributed by atoms with E-state index in [1.54, 1.807) is 0 Å². The van der Waals surface area contributed by atoms with Gasteiger partial charge < -0.3 is 10.1 Å². The molecule has 0 saturated carbocycles. The van der Waals surface area contributed by atoms with E-state index in [1.807, 2.05) is 11.8 Å². The standard InChI is InChI=1S/C12H25NOS/c1-3-7-13-12(6-10-15-2)11-4-8-14-9-5-11/h11-13H,3-10H2,1-2H3. The number of thioether (sulfide) groups is 1. The molecule has 1 aliphatic rings. The first kappa shape index (κ1) is 13.3. The molecule has 0 aromatic rings. The average molecular weight is 231 g/mol. The second-order valence-corrected chi connectivity index (χ2v) is 5.28. The first-order valence-corrected chi connectivity index (χ1v) is 7.58. The fraction of sp³-hybridized carbons (Fsp3) is 1.00. The Morgan fingerprint density at radius 2 is 2.13 bits per heavy atom. The highest BCUT2D eigenvalue weighted by Crippen LogP contribution is 2.21. The molecule has 90 valence electrons. The van der Waals surface area contributed by atoms with Crippen LogP contribution in [-0.2, 0) is 4.74 Å². The van der Waals surface area contributed by atoms with Crippen LogP contribution in [0.4, 0.5) is 0 Å². The lowest BCUT2D eigenvalue weighted by Gasteiger charge is -2.31. The van der Waals surface area contributed by atoms with Gasteiger partial charge in [-0.25, -0.2) is 0 Å². The molecule has 1 heterocycles. The maximum Gasteiger partial charge on any atom is 0.0469 e. The Balaban J connectivity index is 2.30. The van der Waals surface area contributed by atoms with Gasteiger partial charge in [0.2, 0.25) is 0 Å². The molecule has 2 nitrogen and oxygen atoms in total. The number of ether oxygens (including phenoxy) is 1. The van der Waals surface area contributed by atoms with E-state index < -0.39 is 0 Å². The van der Waals surface area contributed by atoms with Crippen molar-refractivity contribution in [2.75, 3.05) is 31.8 Å². The van der Waals surface area contributed by atoms with Gasteiger partial charge in [0.15, 0.2) is 0 Å². The molecule has 15 heavy (non-hydrogen) atoms. The fourth-order valence-electron chi connectivity index (χ4n) is 2.20. The van der Waals surface area contributed by atoms with Crippen molar-refractivity contribution in [3.8, 4) is 0 Å². The fourth-order valence-corrected chi connectivity index (χ4v) is 2.69. The van der Waals surface area contributed by atoms with Gasteiger partial charge in [-0.15, -0.1) is 0 Å². The zero-order valence-corrected chi connectivity index (χ0v) is 10.9. The van der Waals surface area contributed by atoms with Gasteiger partial charge in [-0.1, -0.05) is 6.92 Å². The number of hydrogen-bond donors (Lipinski definition) is 1. The zero-order valence-electron chi connectivity index (χ0n) is 10.1. The van der Waals surface area contributed by atoms with Crippen LogP contribution >= 0.6 is 11.8 Å². The van der Waals surface area contributed by atoms with Crippen LogP contribution in [0, 0.1) is 5.92 Å². The van der Waals surface area contributed by atoms with Crippen LogP contribution in [-0.4, -0.2) is 37.8 Å². The summed E-state index contributed by atoms with van der Waals surface area (Å²) in [4.78, 5) is 0. The number of nitrogens with one attached hydrogen (secondary N) is 1. The number of rotatable bonds is 7. The van der Waals surface area contributed by atoms with Crippen LogP contribution in [0.1, 0.15) is 32.6 Å². The summed E-state index contributed by atoms with van der Waals surface area (Å²) in [6.07, 6.45) is 7.23. The third-order valence-electron chi connectivity index (χ3n) is 3.12. The summed E-state index contributed by atoms with van der Waals surface area (Å²) in [7, 11) is 0. The van der Waals surface area contributed by atoms with Gasteiger partial charge in [0.1, 0.15) is 0 Å². The van der Waals surface area contributed by atoms with Crippen LogP contribution < -0.4 is 5.32 Å². The normalized spacial score (nSPS) is 20.4. The lowest BCUT2D eigenvalue weighted by Crippen LogP contribution is -2.39. The van der Waals surface area contributed by atoms with E-state index in [2.05, 4.69) is 18.5 Å². The van der Waals surface area contributed by atoms with E-state index in [0.29, 0.717) is 0 Å². The van der Waals surface area contributed by atoms with E-state index in [1.165, 1.54) is 31.4 Å². The maximum absolute atomic E-state index is 5.43. The Hall–Kier alpha value is 0.270. The molecule has 0 aromatic carbocycles. The topological polar surface area (TPSA) is 21.3 Å². The van der Waals surface area contributed by atoms with E-state index in [4.69, 9.17) is 4.74 Å². The van der Waals surface area contributed by atoms with E-state index in [0.717, 1.165) is 31.7 Å². The summed E-state index contributed by atoms with van der Waals surface area (Å²) < 4.78 is 5.43. The van der Waals surface area contributed by atoms with Crippen LogP contribution in [0.5, 0.6) is 0 Å². The first-order valence-electron chi connectivity index (χ1n) is 6.18. The minimum atomic E-state index is 0.723. The largest absolute Gasteiger partial charge is 0.381 e. The van der Waals surface area contributed by atoms with Crippen LogP contribution in [0.25, 0.3) is 0 Å². The van der Waals surface area contributed by atoms with Crippen LogP contribution in [0.2, 0.25) is 0 Å². The summed E-state index contributed by atoms with van der Waals surface area (Å²) in [6, 6.07) is 0.723. The van der Waals surface area contributed by atoms with E-state index in [9.17, 15) is 0 Å². The molecule has 0 aliphatic carbocycles. The molecule has 1 saturated heterocycles. The lowest BCUT2D eigenvalue weighted by atomic mass is 9.90. The molecule has 0 aromatic heterocycles. The molecule has 1 unspecified atom stereocenters. The first-order chi connectivity index (χ1) is 7.38. The highest BCUT2D eigenvalue weighted by Gasteiger charge is 2.22. The Labute approximate surface area is 98.5 Å². The summed E-state index contributed by atoms with van der Waals surface area (Å²) in [5, 5.41) is 3.71. The Morgan fingerprint density at radius 1 is 1.40 bits per heavy atom. The minimum absolute atomic E-state index is 0.723. The lowest BCUT2D eigenvalue weighted by molar-refractivity contribution is 0.0534. The van der Waals surface area contributed by atoms with Gasteiger partial charge in [0.05, 0.1) is 0 Å². The summed E-state index contributed by atoms with van der Waals surface area (Å²) in [5.41, 5.74) is 0. The van der Waals surface area contributed by atoms with Crippen molar-refractivity contribution in [3.05, 3.63) is 0 Å². The molecule has 0 spiro atoms. The zero-order chi connectivity index (χ0) is 10.9. The van der Waals surface area contributed by atoms with Crippen molar-refractivity contribution in [2.24, 2.45) is 5.92 Å². The van der Waals surface area contributed by atoms with Crippen molar-refractivity contribution in [3.63, 3.8) is 0 Å². The van der Waals surface area contributed by atoms with Gasteiger partial charge >= 0.3 is 0 Å². The van der Waals surface area contributed by atoms with Gasteiger partial charge in [0, 0.05) is 19.3 Å². The van der Waals surface area contributed by atoms with Gasteiger partial charge in [-0.2, -0.15) is 11.8 Å². The molecule has 1 atom stereocenters. The van der Waals surface area contributed by atoms with Gasteiger partial charge in [-0.05, 0) is 50.2 Å². The smallest absolute Gasteiger partial charge is 0.0469 e. The van der Waals surface area contributed by atoms with Crippen molar-refractivity contribution in [1.29, 1.82) is 0 Å². The molecule has 1 aliphatic heterocycles. The Morgan fingerprint density at radius 3 is 2.73 bits per heavy atom. The molecular weight excluding hydrogens is 206 g/mol. The summed E-state index contributed by atoms with van der Waals surface area (Å²) in [6.45, 7) is 5.33. The predicted octanol–water partition coefficient (Wildman–Crippen LogP) is 2.53. The SMILES string of the molecule is CCCNC(CCSC)C1CCOCC1. The molecule has 1 fully saturated rings. The molecular formula is C12H25NOS. The Kier molecular flexibility index (Phi) is 7.49. The average Bonchev–Trinajstić information content (AvgIpc) is 2.30. The quantitative estimate of drug-likeness (QED) is 0.727. The molecule has 0 amide bonds. The maximum atomic E-state index is 5.43. The minimum Gasteiger partial charge on any atom is -0.381 e. The monoisotopic (exact) mass is 231 g/mol. The highest BCUT2D eigenvalue weighted by atomic mass is 32.2. The van der Waals surface area contributed by atoms with Crippen molar-refractivity contribution < 1.29 is 4.74 Å². The molecule has 1 rings (SSSR count). The molecule has 3 heteroatoms. The predicted molar refractivity (Wildman–Crippen MR) is 68.6 cm³/mol. The molecule has 0 radical (unpaired) electrons. The van der Waals surface area contributed by atoms with Crippen molar-refractivity contribution in [2.45, 2.75) is 38.6 Å². The second kappa shape index (κ2) is 8.43. The van der Waals surface area contributed by atoms with Crippen molar-refractivity contribution in [1.82, 2.24) is 5.32 Å². The number of hydrogen-bond acceptors (Lipinski definition) is 3. The van der Waals surface area contributed by atoms with Crippen molar-refractivity contribution >= 4 is 11.8 Å². The van der Waals surface area contributed by atoms with Gasteiger partial charge in [0.25, 0.3) is 0 Å². The third-order valence-corrected chi connectivity index (χ3v) is 3.77. The Bertz CT molecular complexity index is 141. The summed E-state index contributed by atoms with van der Waals surface area (Å²) >= 11 is 1.96.